The lowest BCUT2D eigenvalue weighted by Gasteiger charge is -2.22. The van der Waals surface area contributed by atoms with Crippen LogP contribution in [0.15, 0.2) is 18.2 Å². The summed E-state index contributed by atoms with van der Waals surface area (Å²) in [5.41, 5.74) is 1.09. The van der Waals surface area contributed by atoms with Crippen molar-refractivity contribution in [2.24, 2.45) is 0 Å². The quantitative estimate of drug-likeness (QED) is 0.811. The van der Waals surface area contributed by atoms with Crippen LogP contribution in [-0.4, -0.2) is 37.2 Å². The van der Waals surface area contributed by atoms with E-state index in [1.54, 1.807) is 6.07 Å². The third kappa shape index (κ3) is 4.51. The van der Waals surface area contributed by atoms with Gasteiger partial charge in [-0.05, 0) is 49.9 Å². The van der Waals surface area contributed by atoms with Crippen molar-refractivity contribution in [3.8, 4) is 5.75 Å². The van der Waals surface area contributed by atoms with E-state index in [0.29, 0.717) is 19.0 Å². The van der Waals surface area contributed by atoms with Gasteiger partial charge >= 0.3 is 5.97 Å². The molecular weight excluding hydrogens is 260 g/mol. The van der Waals surface area contributed by atoms with E-state index >= 15 is 0 Å². The van der Waals surface area contributed by atoms with Gasteiger partial charge in [-0.15, -0.1) is 0 Å². The van der Waals surface area contributed by atoms with Crippen LogP contribution in [0.1, 0.15) is 35.2 Å². The number of carboxylic acid groups (broad SMARTS) is 1. The molecule has 2 rings (SSSR count). The van der Waals surface area contributed by atoms with Gasteiger partial charge in [-0.1, -0.05) is 0 Å². The minimum Gasteiger partial charge on any atom is -0.491 e. The van der Waals surface area contributed by atoms with Crippen LogP contribution in [0.4, 0.5) is 0 Å². The smallest absolute Gasteiger partial charge is 0.335 e. The molecule has 0 radical (unpaired) electrons. The molecule has 5 nitrogen and oxygen atoms in total. The molecule has 0 aromatic heterocycles. The highest BCUT2D eigenvalue weighted by Gasteiger charge is 2.13. The predicted molar refractivity (Wildman–Crippen MR) is 73.2 cm³/mol. The molecule has 1 aromatic carbocycles. The molecule has 1 unspecified atom stereocenters. The van der Waals surface area contributed by atoms with Crippen molar-refractivity contribution in [3.05, 3.63) is 29.3 Å². The van der Waals surface area contributed by atoms with Crippen LogP contribution in [0.5, 0.6) is 5.75 Å². The maximum atomic E-state index is 10.9. The highest BCUT2D eigenvalue weighted by Crippen LogP contribution is 2.17. The zero-order chi connectivity index (χ0) is 14.4. The maximum Gasteiger partial charge on any atom is 0.335 e. The monoisotopic (exact) mass is 280 g/mol. The van der Waals surface area contributed by atoms with Crippen molar-refractivity contribution < 1.29 is 24.1 Å². The molecule has 1 atom stereocenters. The van der Waals surface area contributed by atoms with Crippen LogP contribution in [0.25, 0.3) is 0 Å². The summed E-state index contributed by atoms with van der Waals surface area (Å²) in [5.74, 6) is -0.402. The van der Waals surface area contributed by atoms with Gasteiger partial charge in [-0.2, -0.15) is 0 Å². The lowest BCUT2D eigenvalue weighted by Crippen LogP contribution is -2.24. The fraction of sp³-hybridized carbons (Fsp3) is 0.533. The number of ether oxygens (including phenoxy) is 3. The normalized spacial score (nSPS) is 18.8. The van der Waals surface area contributed by atoms with Gasteiger partial charge in [0, 0.05) is 6.61 Å². The van der Waals surface area contributed by atoms with E-state index < -0.39 is 5.97 Å². The molecule has 0 amide bonds. The summed E-state index contributed by atoms with van der Waals surface area (Å²) in [6.07, 6.45) is 3.02. The van der Waals surface area contributed by atoms with Crippen molar-refractivity contribution in [2.75, 3.05) is 19.8 Å². The second-order valence-electron chi connectivity index (χ2n) is 4.86. The lowest BCUT2D eigenvalue weighted by atomic mass is 10.1. The highest BCUT2D eigenvalue weighted by atomic mass is 16.7. The van der Waals surface area contributed by atoms with E-state index in [1.165, 1.54) is 6.07 Å². The number of carbonyl (C=O) groups is 1. The SMILES string of the molecule is Cc1cc(OCCOC2CCCCO2)cc(C(=O)O)c1. The van der Waals surface area contributed by atoms with Crippen molar-refractivity contribution in [1.29, 1.82) is 0 Å². The third-order valence-electron chi connectivity index (χ3n) is 3.09. The van der Waals surface area contributed by atoms with Gasteiger partial charge in [-0.3, -0.25) is 0 Å². The molecule has 1 aliphatic heterocycles. The Labute approximate surface area is 118 Å². The Kier molecular flexibility index (Phi) is 5.38. The summed E-state index contributed by atoms with van der Waals surface area (Å²) in [4.78, 5) is 10.9. The summed E-state index contributed by atoms with van der Waals surface area (Å²) in [6, 6.07) is 4.94. The molecule has 1 saturated heterocycles. The van der Waals surface area contributed by atoms with E-state index in [-0.39, 0.29) is 11.9 Å². The first-order chi connectivity index (χ1) is 9.65. The first kappa shape index (κ1) is 14.8. The fourth-order valence-electron chi connectivity index (χ4n) is 2.14. The van der Waals surface area contributed by atoms with Gasteiger partial charge in [0.15, 0.2) is 6.29 Å². The second kappa shape index (κ2) is 7.26. The van der Waals surface area contributed by atoms with E-state index in [9.17, 15) is 4.79 Å². The van der Waals surface area contributed by atoms with E-state index in [2.05, 4.69) is 0 Å². The summed E-state index contributed by atoms with van der Waals surface area (Å²) >= 11 is 0. The minimum atomic E-state index is -0.953. The summed E-state index contributed by atoms with van der Waals surface area (Å²) in [6.45, 7) is 3.40. The Balaban J connectivity index is 1.77. The molecule has 20 heavy (non-hydrogen) atoms. The Bertz CT molecular complexity index is 452. The number of carboxylic acids is 1. The summed E-state index contributed by atoms with van der Waals surface area (Å²) in [5, 5.41) is 8.98. The van der Waals surface area contributed by atoms with Crippen LogP contribution in [0.2, 0.25) is 0 Å². The molecule has 0 bridgehead atoms. The predicted octanol–water partition coefficient (Wildman–Crippen LogP) is 2.62. The van der Waals surface area contributed by atoms with E-state index in [1.807, 2.05) is 13.0 Å². The minimum absolute atomic E-state index is 0.126. The van der Waals surface area contributed by atoms with Gasteiger partial charge in [0.25, 0.3) is 0 Å². The zero-order valence-electron chi connectivity index (χ0n) is 11.6. The molecule has 1 heterocycles. The molecule has 1 N–H and O–H groups in total. The van der Waals surface area contributed by atoms with Crippen molar-refractivity contribution >= 4 is 5.97 Å². The molecule has 1 aromatic rings. The van der Waals surface area contributed by atoms with Crippen LogP contribution < -0.4 is 4.74 Å². The van der Waals surface area contributed by atoms with Crippen LogP contribution in [0.3, 0.4) is 0 Å². The van der Waals surface area contributed by atoms with Crippen molar-refractivity contribution in [2.45, 2.75) is 32.5 Å². The first-order valence-corrected chi connectivity index (χ1v) is 6.86. The number of rotatable bonds is 6. The number of aryl methyl sites for hydroxylation is 1. The molecule has 0 spiro atoms. The standard InChI is InChI=1S/C15H20O5/c1-11-8-12(15(16)17)10-13(9-11)18-6-7-20-14-4-2-3-5-19-14/h8-10,14H,2-7H2,1H3,(H,16,17). The van der Waals surface area contributed by atoms with Gasteiger partial charge in [0.05, 0.1) is 12.2 Å². The number of benzene rings is 1. The van der Waals surface area contributed by atoms with Gasteiger partial charge in [0.2, 0.25) is 0 Å². The Morgan fingerprint density at radius 2 is 2.20 bits per heavy atom. The van der Waals surface area contributed by atoms with Crippen LogP contribution >= 0.6 is 0 Å². The highest BCUT2D eigenvalue weighted by molar-refractivity contribution is 5.88. The molecule has 1 aliphatic rings. The largest absolute Gasteiger partial charge is 0.491 e. The molecule has 0 aliphatic carbocycles. The Morgan fingerprint density at radius 3 is 2.90 bits per heavy atom. The molecule has 110 valence electrons. The summed E-state index contributed by atoms with van der Waals surface area (Å²) < 4.78 is 16.5. The average molecular weight is 280 g/mol. The lowest BCUT2D eigenvalue weighted by molar-refractivity contribution is -0.165. The van der Waals surface area contributed by atoms with Crippen molar-refractivity contribution in [1.82, 2.24) is 0 Å². The van der Waals surface area contributed by atoms with Crippen molar-refractivity contribution in [3.63, 3.8) is 0 Å². The second-order valence-corrected chi connectivity index (χ2v) is 4.86. The topological polar surface area (TPSA) is 65.0 Å². The molecule has 5 heteroatoms. The Morgan fingerprint density at radius 1 is 1.35 bits per heavy atom. The fourth-order valence-corrected chi connectivity index (χ4v) is 2.14. The van der Waals surface area contributed by atoms with E-state index in [0.717, 1.165) is 31.4 Å². The molecule has 0 saturated carbocycles. The van der Waals surface area contributed by atoms with Gasteiger partial charge in [-0.25, -0.2) is 4.79 Å². The maximum absolute atomic E-state index is 10.9. The molecule has 1 fully saturated rings. The first-order valence-electron chi connectivity index (χ1n) is 6.86. The Hall–Kier alpha value is -1.59. The average Bonchev–Trinajstić information content (AvgIpc) is 2.44. The third-order valence-corrected chi connectivity index (χ3v) is 3.09. The molecular formula is C15H20O5. The number of hydrogen-bond donors (Lipinski definition) is 1. The van der Waals surface area contributed by atoms with Gasteiger partial charge < -0.3 is 19.3 Å². The number of hydrogen-bond acceptors (Lipinski definition) is 4. The zero-order valence-corrected chi connectivity index (χ0v) is 11.6. The van der Waals surface area contributed by atoms with Crippen LogP contribution in [0, 0.1) is 6.92 Å². The summed E-state index contributed by atoms with van der Waals surface area (Å²) in [7, 11) is 0. The van der Waals surface area contributed by atoms with Crippen LogP contribution in [-0.2, 0) is 9.47 Å². The number of aromatic carboxylic acids is 1. The van der Waals surface area contributed by atoms with Gasteiger partial charge in [0.1, 0.15) is 12.4 Å². The van der Waals surface area contributed by atoms with E-state index in [4.69, 9.17) is 19.3 Å².